The highest BCUT2D eigenvalue weighted by Gasteiger charge is 1.92. The summed E-state index contributed by atoms with van der Waals surface area (Å²) in [5, 5.41) is 3.26. The van der Waals surface area contributed by atoms with Crippen LogP contribution in [-0.2, 0) is 6.42 Å². The fourth-order valence-corrected chi connectivity index (χ4v) is 1.35. The molecule has 0 aliphatic carbocycles. The number of aromatic nitrogens is 2. The summed E-state index contributed by atoms with van der Waals surface area (Å²) in [5.41, 5.74) is 1.29. The van der Waals surface area contributed by atoms with E-state index in [1.165, 1.54) is 5.56 Å². The van der Waals surface area contributed by atoms with Crippen LogP contribution < -0.4 is 5.32 Å². The molecule has 0 fully saturated rings. The summed E-state index contributed by atoms with van der Waals surface area (Å²) in [6.45, 7) is 0.890. The van der Waals surface area contributed by atoms with Gasteiger partial charge in [0.05, 0.1) is 0 Å². The average Bonchev–Trinajstić information content (AvgIpc) is 2.32. The first-order valence-electron chi connectivity index (χ1n) is 4.99. The van der Waals surface area contributed by atoms with E-state index in [9.17, 15) is 0 Å². The van der Waals surface area contributed by atoms with Gasteiger partial charge in [-0.05, 0) is 36.2 Å². The van der Waals surface area contributed by atoms with Gasteiger partial charge in [-0.2, -0.15) is 0 Å². The zero-order valence-electron chi connectivity index (χ0n) is 8.43. The van der Waals surface area contributed by atoms with Crippen LogP contribution in [0.3, 0.4) is 0 Å². The predicted octanol–water partition coefficient (Wildman–Crippen LogP) is 2.13. The molecule has 0 aliphatic heterocycles. The molecule has 3 nitrogen and oxygen atoms in total. The van der Waals surface area contributed by atoms with Crippen molar-refractivity contribution in [3.63, 3.8) is 0 Å². The molecule has 0 unspecified atom stereocenters. The number of nitrogens with one attached hydrogen (secondary N) is 1. The minimum Gasteiger partial charge on any atom is -0.370 e. The third-order valence-corrected chi connectivity index (χ3v) is 2.13. The molecule has 0 saturated heterocycles. The van der Waals surface area contributed by atoms with Crippen molar-refractivity contribution in [3.8, 4) is 0 Å². The van der Waals surface area contributed by atoms with Crippen LogP contribution in [0.4, 0.5) is 5.82 Å². The van der Waals surface area contributed by atoms with E-state index in [1.54, 1.807) is 6.20 Å². The van der Waals surface area contributed by atoms with Gasteiger partial charge in [0.2, 0.25) is 0 Å². The molecule has 0 atom stereocenters. The van der Waals surface area contributed by atoms with Crippen LogP contribution in [0.25, 0.3) is 0 Å². The molecule has 2 aromatic heterocycles. The van der Waals surface area contributed by atoms with Crippen LogP contribution >= 0.6 is 0 Å². The number of nitrogens with zero attached hydrogens (tertiary/aromatic N) is 2. The molecule has 2 heterocycles. The maximum absolute atomic E-state index is 4.19. The lowest BCUT2D eigenvalue weighted by atomic mass is 10.2. The van der Waals surface area contributed by atoms with Gasteiger partial charge in [-0.1, -0.05) is 6.07 Å². The van der Waals surface area contributed by atoms with Gasteiger partial charge >= 0.3 is 0 Å². The zero-order chi connectivity index (χ0) is 10.3. The van der Waals surface area contributed by atoms with Crippen molar-refractivity contribution in [2.24, 2.45) is 0 Å². The third kappa shape index (κ3) is 3.06. The smallest absolute Gasteiger partial charge is 0.125 e. The van der Waals surface area contributed by atoms with E-state index in [1.807, 2.05) is 42.7 Å². The van der Waals surface area contributed by atoms with Gasteiger partial charge < -0.3 is 5.32 Å². The minimum atomic E-state index is 0.890. The number of hydrogen-bond donors (Lipinski definition) is 1. The fraction of sp³-hybridized carbons (Fsp3) is 0.167. The van der Waals surface area contributed by atoms with Crippen LogP contribution in [0.2, 0.25) is 0 Å². The standard InChI is InChI=1S/C12H13N3/c1-2-7-14-12(3-1)15-10-6-11-4-8-13-9-5-11/h1-5,7-9H,6,10H2,(H,14,15). The largest absolute Gasteiger partial charge is 0.370 e. The second-order valence-electron chi connectivity index (χ2n) is 3.25. The van der Waals surface area contributed by atoms with Crippen molar-refractivity contribution in [2.45, 2.75) is 6.42 Å². The van der Waals surface area contributed by atoms with Gasteiger partial charge in [0.1, 0.15) is 5.82 Å². The van der Waals surface area contributed by atoms with Crippen LogP contribution in [-0.4, -0.2) is 16.5 Å². The summed E-state index contributed by atoms with van der Waals surface area (Å²) in [5.74, 6) is 0.923. The number of anilines is 1. The van der Waals surface area contributed by atoms with E-state index in [2.05, 4.69) is 15.3 Å². The summed E-state index contributed by atoms with van der Waals surface area (Å²) in [6, 6.07) is 9.91. The van der Waals surface area contributed by atoms with E-state index in [4.69, 9.17) is 0 Å². The first-order chi connectivity index (χ1) is 7.45. The lowest BCUT2D eigenvalue weighted by molar-refractivity contribution is 1.00. The molecule has 0 aromatic carbocycles. The monoisotopic (exact) mass is 199 g/mol. The molecular formula is C12H13N3. The summed E-state index contributed by atoms with van der Waals surface area (Å²) in [4.78, 5) is 8.17. The molecule has 0 radical (unpaired) electrons. The van der Waals surface area contributed by atoms with Crippen molar-refractivity contribution in [3.05, 3.63) is 54.5 Å². The normalized spacial score (nSPS) is 9.87. The van der Waals surface area contributed by atoms with Gasteiger partial charge in [-0.25, -0.2) is 4.98 Å². The molecule has 1 N–H and O–H groups in total. The highest BCUT2D eigenvalue weighted by molar-refractivity contribution is 5.33. The Morgan fingerprint density at radius 3 is 2.60 bits per heavy atom. The van der Waals surface area contributed by atoms with Crippen LogP contribution in [0.1, 0.15) is 5.56 Å². The first-order valence-corrected chi connectivity index (χ1v) is 4.99. The van der Waals surface area contributed by atoms with Crippen molar-refractivity contribution in [2.75, 3.05) is 11.9 Å². The maximum atomic E-state index is 4.19. The molecule has 0 bridgehead atoms. The minimum absolute atomic E-state index is 0.890. The molecule has 2 rings (SSSR count). The van der Waals surface area contributed by atoms with Crippen molar-refractivity contribution in [1.82, 2.24) is 9.97 Å². The average molecular weight is 199 g/mol. The van der Waals surface area contributed by atoms with Crippen LogP contribution in [0.5, 0.6) is 0 Å². The Morgan fingerprint density at radius 2 is 1.87 bits per heavy atom. The quantitative estimate of drug-likeness (QED) is 0.819. The van der Waals surface area contributed by atoms with Crippen LogP contribution in [0, 0.1) is 0 Å². The molecule has 0 spiro atoms. The lowest BCUT2D eigenvalue weighted by Crippen LogP contribution is -2.05. The van der Waals surface area contributed by atoms with Gasteiger partial charge in [0, 0.05) is 25.1 Å². The van der Waals surface area contributed by atoms with E-state index in [0.29, 0.717) is 0 Å². The van der Waals surface area contributed by atoms with Crippen LogP contribution in [0.15, 0.2) is 48.9 Å². The first kappa shape index (κ1) is 9.65. The fourth-order valence-electron chi connectivity index (χ4n) is 1.35. The zero-order valence-corrected chi connectivity index (χ0v) is 8.43. The molecule has 15 heavy (non-hydrogen) atoms. The molecule has 0 aliphatic rings. The van der Waals surface area contributed by atoms with E-state index < -0.39 is 0 Å². The summed E-state index contributed by atoms with van der Waals surface area (Å²) in [6.07, 6.45) is 6.40. The van der Waals surface area contributed by atoms with E-state index in [0.717, 1.165) is 18.8 Å². The summed E-state index contributed by atoms with van der Waals surface area (Å²) in [7, 11) is 0. The molecule has 3 heteroatoms. The molecule has 76 valence electrons. The number of rotatable bonds is 4. The summed E-state index contributed by atoms with van der Waals surface area (Å²) < 4.78 is 0. The highest BCUT2D eigenvalue weighted by Crippen LogP contribution is 2.01. The second kappa shape index (κ2) is 5.10. The summed E-state index contributed by atoms with van der Waals surface area (Å²) >= 11 is 0. The van der Waals surface area contributed by atoms with Gasteiger partial charge in [0.25, 0.3) is 0 Å². The van der Waals surface area contributed by atoms with Gasteiger partial charge in [-0.15, -0.1) is 0 Å². The van der Waals surface area contributed by atoms with Crippen molar-refractivity contribution < 1.29 is 0 Å². The molecule has 0 saturated carbocycles. The highest BCUT2D eigenvalue weighted by atomic mass is 15.0. The van der Waals surface area contributed by atoms with E-state index in [-0.39, 0.29) is 0 Å². The Morgan fingerprint density at radius 1 is 1.00 bits per heavy atom. The molecular weight excluding hydrogens is 186 g/mol. The third-order valence-electron chi connectivity index (χ3n) is 2.13. The maximum Gasteiger partial charge on any atom is 0.125 e. The predicted molar refractivity (Wildman–Crippen MR) is 60.7 cm³/mol. The molecule has 2 aromatic rings. The topological polar surface area (TPSA) is 37.8 Å². The SMILES string of the molecule is c1ccc(NCCc2ccncc2)nc1. The van der Waals surface area contributed by atoms with Crippen molar-refractivity contribution in [1.29, 1.82) is 0 Å². The van der Waals surface area contributed by atoms with Crippen molar-refractivity contribution >= 4 is 5.82 Å². The Labute approximate surface area is 89.2 Å². The van der Waals surface area contributed by atoms with Gasteiger partial charge in [-0.3, -0.25) is 4.98 Å². The lowest BCUT2D eigenvalue weighted by Gasteiger charge is -2.04. The Balaban J connectivity index is 1.81. The van der Waals surface area contributed by atoms with E-state index >= 15 is 0 Å². The Kier molecular flexibility index (Phi) is 3.28. The molecule has 0 amide bonds. The number of pyridine rings is 2. The second-order valence-corrected chi connectivity index (χ2v) is 3.25. The Hall–Kier alpha value is -1.90. The Bertz CT molecular complexity index is 347. The van der Waals surface area contributed by atoms with Gasteiger partial charge in [0.15, 0.2) is 0 Å². The number of hydrogen-bond acceptors (Lipinski definition) is 3.